The van der Waals surface area contributed by atoms with Crippen LogP contribution in [0.4, 0.5) is 0 Å². The monoisotopic (exact) mass is 139 g/mol. The lowest BCUT2D eigenvalue weighted by Gasteiger charge is -1.90. The second-order valence-corrected chi connectivity index (χ2v) is 2.37. The van der Waals surface area contributed by atoms with Crippen LogP contribution in [0.5, 0.6) is 0 Å². The number of nitrogens with one attached hydrogen (secondary N) is 1. The Morgan fingerprint density at radius 2 is 2.20 bits per heavy atom. The second-order valence-electron chi connectivity index (χ2n) is 2.37. The molecule has 1 N–H and O–H groups in total. The minimum atomic E-state index is 1.18. The highest BCUT2D eigenvalue weighted by Gasteiger charge is 1.77. The molecule has 58 valence electrons. The van der Waals surface area contributed by atoms with Gasteiger partial charge in [0.15, 0.2) is 0 Å². The molecule has 0 aliphatic rings. The van der Waals surface area contributed by atoms with Crippen LogP contribution in [0, 0.1) is 0 Å². The summed E-state index contributed by atoms with van der Waals surface area (Å²) in [5.74, 6) is 0. The summed E-state index contributed by atoms with van der Waals surface area (Å²) < 4.78 is 0. The van der Waals surface area contributed by atoms with E-state index in [0.29, 0.717) is 0 Å². The topological polar surface area (TPSA) is 12.0 Å². The zero-order valence-corrected chi connectivity index (χ0v) is 7.15. The average Bonchev–Trinajstić information content (AvgIpc) is 1.89. The molecule has 0 saturated carbocycles. The van der Waals surface area contributed by atoms with E-state index in [1.807, 2.05) is 13.2 Å². The van der Waals surface area contributed by atoms with Crippen LogP contribution in [0.15, 0.2) is 23.9 Å². The molecule has 10 heavy (non-hydrogen) atoms. The van der Waals surface area contributed by atoms with Crippen molar-refractivity contribution in [2.24, 2.45) is 0 Å². The van der Waals surface area contributed by atoms with Crippen molar-refractivity contribution in [1.82, 2.24) is 5.32 Å². The summed E-state index contributed by atoms with van der Waals surface area (Å²) in [6.45, 7) is 4.27. The first-order chi connectivity index (χ1) is 4.81. The molecule has 0 aromatic carbocycles. The summed E-state index contributed by atoms with van der Waals surface area (Å²) in [6, 6.07) is 0. The number of unbranched alkanes of at least 4 members (excludes halogenated alkanes) is 1. The Bertz CT molecular complexity index is 123. The van der Waals surface area contributed by atoms with Gasteiger partial charge in [0.2, 0.25) is 0 Å². The predicted octanol–water partition coefficient (Wildman–Crippen LogP) is 2.47. The van der Waals surface area contributed by atoms with Crippen LogP contribution in [-0.2, 0) is 0 Å². The van der Waals surface area contributed by atoms with Gasteiger partial charge in [-0.25, -0.2) is 0 Å². The zero-order chi connectivity index (χ0) is 7.82. The average molecular weight is 139 g/mol. The standard InChI is InChI=1S/C9H17N/c1-4-5-6-7-9(2)8-10-3/h6-8,10H,4-5H2,1-3H3/b7-6-,9-8-. The van der Waals surface area contributed by atoms with E-state index >= 15 is 0 Å². The highest BCUT2D eigenvalue weighted by Crippen LogP contribution is 1.95. The van der Waals surface area contributed by atoms with E-state index in [2.05, 4.69) is 31.3 Å². The summed E-state index contributed by atoms with van der Waals surface area (Å²) in [5.41, 5.74) is 1.27. The van der Waals surface area contributed by atoms with Crippen LogP contribution in [0.25, 0.3) is 0 Å². The van der Waals surface area contributed by atoms with E-state index in [1.165, 1.54) is 18.4 Å². The maximum Gasteiger partial charge on any atom is 0.00277 e. The first kappa shape index (κ1) is 9.28. The number of allylic oxidation sites excluding steroid dienone is 3. The molecule has 0 bridgehead atoms. The smallest absolute Gasteiger partial charge is 0.00277 e. The van der Waals surface area contributed by atoms with Crippen molar-refractivity contribution < 1.29 is 0 Å². The first-order valence-electron chi connectivity index (χ1n) is 3.81. The third-order valence-electron chi connectivity index (χ3n) is 1.21. The molecule has 1 nitrogen and oxygen atoms in total. The highest BCUT2D eigenvalue weighted by atomic mass is 14.8. The van der Waals surface area contributed by atoms with Crippen molar-refractivity contribution in [2.75, 3.05) is 7.05 Å². The van der Waals surface area contributed by atoms with Crippen molar-refractivity contribution >= 4 is 0 Å². The quantitative estimate of drug-likeness (QED) is 0.590. The minimum Gasteiger partial charge on any atom is -0.394 e. The zero-order valence-electron chi connectivity index (χ0n) is 7.15. The number of rotatable bonds is 4. The molecule has 0 aromatic heterocycles. The normalized spacial score (nSPS) is 12.5. The van der Waals surface area contributed by atoms with Crippen LogP contribution in [0.1, 0.15) is 26.7 Å². The van der Waals surface area contributed by atoms with Crippen LogP contribution >= 0.6 is 0 Å². The molecule has 0 aromatic rings. The molecule has 0 rings (SSSR count). The largest absolute Gasteiger partial charge is 0.394 e. The van der Waals surface area contributed by atoms with Gasteiger partial charge in [-0.3, -0.25) is 0 Å². The SMILES string of the molecule is CCC/C=C\C(C)=C/NC. The third-order valence-corrected chi connectivity index (χ3v) is 1.21. The van der Waals surface area contributed by atoms with Crippen molar-refractivity contribution in [3.63, 3.8) is 0 Å². The number of hydrogen-bond acceptors (Lipinski definition) is 1. The lowest BCUT2D eigenvalue weighted by Crippen LogP contribution is -1.92. The Morgan fingerprint density at radius 3 is 2.70 bits per heavy atom. The molecule has 0 fully saturated rings. The molecular weight excluding hydrogens is 122 g/mol. The van der Waals surface area contributed by atoms with Crippen molar-refractivity contribution in [3.8, 4) is 0 Å². The summed E-state index contributed by atoms with van der Waals surface area (Å²) in [6.07, 6.45) is 8.73. The van der Waals surface area contributed by atoms with Crippen LogP contribution < -0.4 is 5.32 Å². The number of hydrogen-bond donors (Lipinski definition) is 1. The van der Waals surface area contributed by atoms with E-state index in [9.17, 15) is 0 Å². The summed E-state index contributed by atoms with van der Waals surface area (Å²) in [7, 11) is 1.91. The highest BCUT2D eigenvalue weighted by molar-refractivity contribution is 5.14. The van der Waals surface area contributed by atoms with Crippen LogP contribution in [-0.4, -0.2) is 7.05 Å². The van der Waals surface area contributed by atoms with E-state index in [0.717, 1.165) is 0 Å². The predicted molar refractivity (Wildman–Crippen MR) is 46.9 cm³/mol. The van der Waals surface area contributed by atoms with E-state index in [-0.39, 0.29) is 0 Å². The van der Waals surface area contributed by atoms with Crippen molar-refractivity contribution in [3.05, 3.63) is 23.9 Å². The van der Waals surface area contributed by atoms with Gasteiger partial charge < -0.3 is 5.32 Å². The summed E-state index contributed by atoms with van der Waals surface area (Å²) in [4.78, 5) is 0. The molecular formula is C9H17N. The Labute approximate surface area is 63.8 Å². The van der Waals surface area contributed by atoms with Crippen LogP contribution in [0.2, 0.25) is 0 Å². The molecule has 0 amide bonds. The molecule has 0 aliphatic heterocycles. The Balaban J connectivity index is 3.55. The van der Waals surface area contributed by atoms with Gasteiger partial charge in [-0.05, 0) is 25.1 Å². The van der Waals surface area contributed by atoms with Crippen LogP contribution in [0.3, 0.4) is 0 Å². The maximum absolute atomic E-state index is 2.98. The van der Waals surface area contributed by atoms with Crippen molar-refractivity contribution in [2.45, 2.75) is 26.7 Å². The van der Waals surface area contributed by atoms with E-state index < -0.39 is 0 Å². The maximum atomic E-state index is 2.98. The fourth-order valence-corrected chi connectivity index (χ4v) is 0.712. The van der Waals surface area contributed by atoms with E-state index in [4.69, 9.17) is 0 Å². The van der Waals surface area contributed by atoms with Gasteiger partial charge in [-0.1, -0.05) is 25.5 Å². The summed E-state index contributed by atoms with van der Waals surface area (Å²) in [5, 5.41) is 2.98. The fourth-order valence-electron chi connectivity index (χ4n) is 0.712. The lowest BCUT2D eigenvalue weighted by molar-refractivity contribution is 0.957. The minimum absolute atomic E-state index is 1.18. The van der Waals surface area contributed by atoms with Gasteiger partial charge in [0.25, 0.3) is 0 Å². The van der Waals surface area contributed by atoms with Crippen molar-refractivity contribution in [1.29, 1.82) is 0 Å². The second kappa shape index (κ2) is 6.40. The first-order valence-corrected chi connectivity index (χ1v) is 3.81. The van der Waals surface area contributed by atoms with Gasteiger partial charge in [0.1, 0.15) is 0 Å². The molecule has 0 aliphatic carbocycles. The van der Waals surface area contributed by atoms with Gasteiger partial charge >= 0.3 is 0 Å². The molecule has 0 radical (unpaired) electrons. The molecule has 0 spiro atoms. The van der Waals surface area contributed by atoms with Gasteiger partial charge in [-0.2, -0.15) is 0 Å². The molecule has 0 saturated heterocycles. The summed E-state index contributed by atoms with van der Waals surface area (Å²) >= 11 is 0. The Hall–Kier alpha value is -0.720. The molecule has 0 atom stereocenters. The third kappa shape index (κ3) is 5.42. The van der Waals surface area contributed by atoms with Gasteiger partial charge in [0.05, 0.1) is 0 Å². The van der Waals surface area contributed by atoms with Gasteiger partial charge in [-0.15, -0.1) is 0 Å². The fraction of sp³-hybridized carbons (Fsp3) is 0.556. The molecule has 0 heterocycles. The molecule has 0 unspecified atom stereocenters. The van der Waals surface area contributed by atoms with E-state index in [1.54, 1.807) is 0 Å². The Kier molecular flexibility index (Phi) is 5.94. The van der Waals surface area contributed by atoms with Gasteiger partial charge in [0, 0.05) is 7.05 Å². The lowest BCUT2D eigenvalue weighted by atomic mass is 10.2. The molecule has 1 heteroatoms. The Morgan fingerprint density at radius 1 is 1.50 bits per heavy atom.